The molecule has 0 atom stereocenters. The van der Waals surface area contributed by atoms with Gasteiger partial charge in [-0.05, 0) is 36.4 Å². The number of para-hydroxylation sites is 1. The van der Waals surface area contributed by atoms with E-state index in [0.717, 1.165) is 5.39 Å². The molecule has 4 heteroatoms. The Morgan fingerprint density at radius 1 is 0.810 bits per heavy atom. The molecule has 0 aliphatic carbocycles. The van der Waals surface area contributed by atoms with Gasteiger partial charge >= 0.3 is 0 Å². The molecule has 0 saturated carbocycles. The second-order valence-corrected chi connectivity index (χ2v) is 4.66. The Bertz CT molecular complexity index is 841. The summed E-state index contributed by atoms with van der Waals surface area (Å²) >= 11 is 0. The molecule has 0 radical (unpaired) electrons. The summed E-state index contributed by atoms with van der Waals surface area (Å²) in [5, 5.41) is 29.6. The van der Waals surface area contributed by atoms with Crippen LogP contribution in [0, 0.1) is 0 Å². The van der Waals surface area contributed by atoms with Crippen LogP contribution >= 0.6 is 0 Å². The second kappa shape index (κ2) is 5.17. The van der Waals surface area contributed by atoms with Crippen LogP contribution in [-0.4, -0.2) is 20.3 Å². The summed E-state index contributed by atoms with van der Waals surface area (Å²) in [4.78, 5) is 4.37. The monoisotopic (exact) mass is 279 g/mol. The maximum Gasteiger partial charge on any atom is 0.141 e. The Labute approximate surface area is 121 Å². The molecular formula is C17H13NO3. The first-order chi connectivity index (χ1) is 10.1. The number of pyridine rings is 1. The van der Waals surface area contributed by atoms with Crippen LogP contribution in [0.4, 0.5) is 0 Å². The van der Waals surface area contributed by atoms with E-state index in [1.165, 1.54) is 12.1 Å². The standard InChI is InChI=1S/C17H13NO3/c19-14-9-6-11(16(21)10-14)4-7-13-8-5-12-2-1-3-15(20)17(12)18-13/h1-10,19-21H/b7-4+. The molecule has 2 aromatic carbocycles. The molecule has 1 heterocycles. The average Bonchev–Trinajstić information content (AvgIpc) is 2.47. The number of phenolic OH excluding ortho intramolecular Hbond substituents is 3. The van der Waals surface area contributed by atoms with Crippen molar-refractivity contribution in [3.8, 4) is 17.2 Å². The van der Waals surface area contributed by atoms with E-state index in [0.29, 0.717) is 16.8 Å². The molecule has 3 rings (SSSR count). The summed E-state index contributed by atoms with van der Waals surface area (Å²) in [5.41, 5.74) is 1.78. The number of fused-ring (bicyclic) bond motifs is 1. The van der Waals surface area contributed by atoms with E-state index in [-0.39, 0.29) is 17.2 Å². The Balaban J connectivity index is 1.97. The topological polar surface area (TPSA) is 73.6 Å². The van der Waals surface area contributed by atoms with Crippen molar-refractivity contribution in [1.29, 1.82) is 0 Å². The molecule has 0 bridgehead atoms. The van der Waals surface area contributed by atoms with Crippen molar-refractivity contribution in [2.24, 2.45) is 0 Å². The van der Waals surface area contributed by atoms with Gasteiger partial charge in [0.15, 0.2) is 0 Å². The van der Waals surface area contributed by atoms with Crippen molar-refractivity contribution in [2.45, 2.75) is 0 Å². The summed E-state index contributed by atoms with van der Waals surface area (Å²) < 4.78 is 0. The van der Waals surface area contributed by atoms with Gasteiger partial charge < -0.3 is 15.3 Å². The summed E-state index contributed by atoms with van der Waals surface area (Å²) in [6.45, 7) is 0. The molecule has 0 aliphatic rings. The van der Waals surface area contributed by atoms with Crippen molar-refractivity contribution >= 4 is 23.1 Å². The van der Waals surface area contributed by atoms with E-state index in [1.54, 1.807) is 30.4 Å². The van der Waals surface area contributed by atoms with E-state index in [4.69, 9.17) is 0 Å². The molecule has 0 saturated heterocycles. The highest BCUT2D eigenvalue weighted by Gasteiger charge is 2.02. The van der Waals surface area contributed by atoms with Gasteiger partial charge in [-0.25, -0.2) is 4.98 Å². The van der Waals surface area contributed by atoms with Crippen LogP contribution in [-0.2, 0) is 0 Å². The van der Waals surface area contributed by atoms with Gasteiger partial charge in [0.25, 0.3) is 0 Å². The molecule has 3 N–H and O–H groups in total. The first-order valence-electron chi connectivity index (χ1n) is 6.42. The zero-order valence-electron chi connectivity index (χ0n) is 11.1. The largest absolute Gasteiger partial charge is 0.508 e. The third kappa shape index (κ3) is 2.65. The van der Waals surface area contributed by atoms with E-state index in [9.17, 15) is 15.3 Å². The Morgan fingerprint density at radius 3 is 2.48 bits per heavy atom. The Hall–Kier alpha value is -3.01. The third-order valence-corrected chi connectivity index (χ3v) is 3.17. The molecule has 104 valence electrons. The van der Waals surface area contributed by atoms with Gasteiger partial charge in [-0.15, -0.1) is 0 Å². The van der Waals surface area contributed by atoms with Crippen LogP contribution in [0.15, 0.2) is 48.5 Å². The van der Waals surface area contributed by atoms with E-state index < -0.39 is 0 Å². The van der Waals surface area contributed by atoms with Crippen LogP contribution in [0.1, 0.15) is 11.3 Å². The fourth-order valence-corrected chi connectivity index (χ4v) is 2.09. The molecule has 1 aromatic heterocycles. The maximum absolute atomic E-state index is 9.80. The molecule has 0 aliphatic heterocycles. The van der Waals surface area contributed by atoms with E-state index >= 15 is 0 Å². The van der Waals surface area contributed by atoms with Crippen molar-refractivity contribution < 1.29 is 15.3 Å². The van der Waals surface area contributed by atoms with Crippen LogP contribution in [0.2, 0.25) is 0 Å². The lowest BCUT2D eigenvalue weighted by molar-refractivity contribution is 0.450. The predicted octanol–water partition coefficient (Wildman–Crippen LogP) is 3.52. The number of rotatable bonds is 2. The van der Waals surface area contributed by atoms with Crippen LogP contribution < -0.4 is 0 Å². The molecule has 0 amide bonds. The first kappa shape index (κ1) is 13.0. The third-order valence-electron chi connectivity index (χ3n) is 3.17. The molecule has 21 heavy (non-hydrogen) atoms. The van der Waals surface area contributed by atoms with Crippen LogP contribution in [0.3, 0.4) is 0 Å². The summed E-state index contributed by atoms with van der Waals surface area (Å²) in [7, 11) is 0. The highest BCUT2D eigenvalue weighted by atomic mass is 16.3. The average molecular weight is 279 g/mol. The van der Waals surface area contributed by atoms with Gasteiger partial charge in [0.1, 0.15) is 22.8 Å². The molecule has 0 unspecified atom stereocenters. The van der Waals surface area contributed by atoms with Gasteiger partial charge in [-0.3, -0.25) is 0 Å². The van der Waals surface area contributed by atoms with Crippen molar-refractivity contribution in [3.63, 3.8) is 0 Å². The minimum absolute atomic E-state index is 0.00473. The molecule has 3 aromatic rings. The summed E-state index contributed by atoms with van der Waals surface area (Å²) in [6, 6.07) is 13.3. The summed E-state index contributed by atoms with van der Waals surface area (Å²) in [5.74, 6) is 0.142. The van der Waals surface area contributed by atoms with Gasteiger partial charge in [-0.2, -0.15) is 0 Å². The quantitative estimate of drug-likeness (QED) is 0.671. The summed E-state index contributed by atoms with van der Waals surface area (Å²) in [6.07, 6.45) is 3.43. The van der Waals surface area contributed by atoms with Gasteiger partial charge in [0.2, 0.25) is 0 Å². The van der Waals surface area contributed by atoms with Crippen molar-refractivity contribution in [3.05, 3.63) is 59.8 Å². The molecular weight excluding hydrogens is 266 g/mol. The fourth-order valence-electron chi connectivity index (χ4n) is 2.09. The first-order valence-corrected chi connectivity index (χ1v) is 6.42. The van der Waals surface area contributed by atoms with Crippen LogP contribution in [0.5, 0.6) is 17.2 Å². The number of phenols is 3. The van der Waals surface area contributed by atoms with Crippen molar-refractivity contribution in [2.75, 3.05) is 0 Å². The van der Waals surface area contributed by atoms with Gasteiger partial charge in [0, 0.05) is 17.0 Å². The molecule has 0 fully saturated rings. The lowest BCUT2D eigenvalue weighted by atomic mass is 10.1. The number of benzene rings is 2. The predicted molar refractivity (Wildman–Crippen MR) is 82.1 cm³/mol. The SMILES string of the molecule is Oc1ccc(/C=C/c2ccc3cccc(O)c3n2)c(O)c1. The Morgan fingerprint density at radius 2 is 1.67 bits per heavy atom. The number of aromatic hydroxyl groups is 3. The Kier molecular flexibility index (Phi) is 3.20. The lowest BCUT2D eigenvalue weighted by Crippen LogP contribution is -1.84. The van der Waals surface area contributed by atoms with E-state index in [2.05, 4.69) is 4.98 Å². The number of hydrogen-bond donors (Lipinski definition) is 3. The zero-order valence-corrected chi connectivity index (χ0v) is 11.1. The number of hydrogen-bond acceptors (Lipinski definition) is 4. The molecule has 0 spiro atoms. The normalized spacial score (nSPS) is 11.2. The highest BCUT2D eigenvalue weighted by Crippen LogP contribution is 2.25. The van der Waals surface area contributed by atoms with Gasteiger partial charge in [-0.1, -0.05) is 18.2 Å². The minimum atomic E-state index is -0.00473. The second-order valence-electron chi connectivity index (χ2n) is 4.66. The number of aromatic nitrogens is 1. The van der Waals surface area contributed by atoms with Crippen LogP contribution in [0.25, 0.3) is 23.1 Å². The smallest absolute Gasteiger partial charge is 0.141 e. The lowest BCUT2D eigenvalue weighted by Gasteiger charge is -2.02. The van der Waals surface area contributed by atoms with Crippen molar-refractivity contribution in [1.82, 2.24) is 4.98 Å². The molecule has 4 nitrogen and oxygen atoms in total. The van der Waals surface area contributed by atoms with Gasteiger partial charge in [0.05, 0.1) is 5.69 Å². The van der Waals surface area contributed by atoms with E-state index in [1.807, 2.05) is 18.2 Å². The maximum atomic E-state index is 9.80. The number of nitrogens with zero attached hydrogens (tertiary/aromatic N) is 1. The highest BCUT2D eigenvalue weighted by molar-refractivity contribution is 5.85. The fraction of sp³-hybridized carbons (Fsp3) is 0. The zero-order chi connectivity index (χ0) is 14.8. The minimum Gasteiger partial charge on any atom is -0.508 e.